The van der Waals surface area contributed by atoms with E-state index < -0.39 is 5.54 Å². The van der Waals surface area contributed by atoms with Crippen molar-refractivity contribution in [3.05, 3.63) is 47.8 Å². The van der Waals surface area contributed by atoms with Crippen LogP contribution in [0.2, 0.25) is 0 Å². The molecule has 1 atom stereocenters. The van der Waals surface area contributed by atoms with E-state index in [1.165, 1.54) is 6.20 Å². The summed E-state index contributed by atoms with van der Waals surface area (Å²) in [5, 5.41) is 21.9. The van der Waals surface area contributed by atoms with Crippen molar-refractivity contribution < 1.29 is 9.90 Å². The SMILES string of the molecule is CC(CO)(NC(=O)c1cn[nH]n1)c1ccccc1. The normalized spacial score (nSPS) is 13.9. The van der Waals surface area contributed by atoms with E-state index in [1.54, 1.807) is 6.92 Å². The number of aromatic nitrogens is 3. The van der Waals surface area contributed by atoms with Crippen molar-refractivity contribution in [3.63, 3.8) is 0 Å². The molecule has 1 unspecified atom stereocenters. The van der Waals surface area contributed by atoms with E-state index >= 15 is 0 Å². The summed E-state index contributed by atoms with van der Waals surface area (Å²) < 4.78 is 0. The van der Waals surface area contributed by atoms with Gasteiger partial charge in [-0.05, 0) is 12.5 Å². The Balaban J connectivity index is 2.21. The largest absolute Gasteiger partial charge is 0.394 e. The Morgan fingerprint density at radius 2 is 2.17 bits per heavy atom. The molecule has 6 heteroatoms. The predicted octanol–water partition coefficient (Wildman–Crippen LogP) is 0.442. The Bertz CT molecular complexity index is 512. The van der Waals surface area contributed by atoms with Gasteiger partial charge < -0.3 is 10.4 Å². The van der Waals surface area contributed by atoms with Crippen molar-refractivity contribution in [3.8, 4) is 0 Å². The summed E-state index contributed by atoms with van der Waals surface area (Å²) in [6.07, 6.45) is 1.33. The van der Waals surface area contributed by atoms with Gasteiger partial charge in [-0.25, -0.2) is 0 Å². The molecule has 0 aliphatic carbocycles. The number of hydrogen-bond donors (Lipinski definition) is 3. The maximum atomic E-state index is 11.9. The van der Waals surface area contributed by atoms with E-state index in [2.05, 4.69) is 20.7 Å². The zero-order valence-corrected chi connectivity index (χ0v) is 9.92. The molecule has 3 N–H and O–H groups in total. The van der Waals surface area contributed by atoms with E-state index in [0.29, 0.717) is 0 Å². The van der Waals surface area contributed by atoms with Gasteiger partial charge in [0.25, 0.3) is 5.91 Å². The maximum Gasteiger partial charge on any atom is 0.274 e. The lowest BCUT2D eigenvalue weighted by Gasteiger charge is -2.28. The summed E-state index contributed by atoms with van der Waals surface area (Å²) in [5.41, 5.74) is 0.159. The van der Waals surface area contributed by atoms with Crippen LogP contribution >= 0.6 is 0 Å². The average Bonchev–Trinajstić information content (AvgIpc) is 2.93. The number of H-pyrrole nitrogens is 1. The number of amides is 1. The molecule has 0 fully saturated rings. The molecule has 2 rings (SSSR count). The molecule has 0 radical (unpaired) electrons. The molecule has 1 aromatic carbocycles. The number of carbonyl (C=O) groups excluding carboxylic acids is 1. The summed E-state index contributed by atoms with van der Waals surface area (Å²) in [7, 11) is 0. The average molecular weight is 246 g/mol. The standard InChI is InChI=1S/C12H14N4O2/c1-12(8-17,9-5-3-2-4-6-9)14-11(18)10-7-13-16-15-10/h2-7,17H,8H2,1H3,(H,14,18)(H,13,15,16). The van der Waals surface area contributed by atoms with Gasteiger partial charge in [0.2, 0.25) is 0 Å². The Hall–Kier alpha value is -2.21. The molecule has 0 spiro atoms. The van der Waals surface area contributed by atoms with Crippen molar-refractivity contribution >= 4 is 5.91 Å². The molecule has 0 aliphatic rings. The molecule has 1 aromatic heterocycles. The van der Waals surface area contributed by atoms with Gasteiger partial charge in [-0.3, -0.25) is 4.79 Å². The van der Waals surface area contributed by atoms with Gasteiger partial charge in [0.1, 0.15) is 0 Å². The van der Waals surface area contributed by atoms with Crippen molar-refractivity contribution in [1.29, 1.82) is 0 Å². The molecule has 1 heterocycles. The number of benzene rings is 1. The molecule has 2 aromatic rings. The zero-order chi connectivity index (χ0) is 13.0. The highest BCUT2D eigenvalue weighted by molar-refractivity contribution is 5.92. The summed E-state index contributed by atoms with van der Waals surface area (Å²) in [4.78, 5) is 11.9. The fourth-order valence-electron chi connectivity index (χ4n) is 1.63. The van der Waals surface area contributed by atoms with Crippen LogP contribution in [0.15, 0.2) is 36.5 Å². The van der Waals surface area contributed by atoms with E-state index in [1.807, 2.05) is 30.3 Å². The van der Waals surface area contributed by atoms with Gasteiger partial charge in [0, 0.05) is 0 Å². The van der Waals surface area contributed by atoms with Gasteiger partial charge in [-0.15, -0.1) is 0 Å². The molecule has 0 bridgehead atoms. The lowest BCUT2D eigenvalue weighted by Crippen LogP contribution is -2.46. The highest BCUT2D eigenvalue weighted by Crippen LogP contribution is 2.20. The van der Waals surface area contributed by atoms with Crippen LogP contribution in [0.4, 0.5) is 0 Å². The lowest BCUT2D eigenvalue weighted by molar-refractivity contribution is 0.0844. The number of rotatable bonds is 4. The molecule has 94 valence electrons. The smallest absolute Gasteiger partial charge is 0.274 e. The molecule has 0 saturated heterocycles. The number of nitrogens with zero attached hydrogens (tertiary/aromatic N) is 2. The second kappa shape index (κ2) is 4.97. The van der Waals surface area contributed by atoms with Gasteiger partial charge >= 0.3 is 0 Å². The number of hydrogen-bond acceptors (Lipinski definition) is 4. The number of aliphatic hydroxyl groups is 1. The Morgan fingerprint density at radius 3 is 2.72 bits per heavy atom. The molecular weight excluding hydrogens is 232 g/mol. The quantitative estimate of drug-likeness (QED) is 0.730. The van der Waals surface area contributed by atoms with E-state index in [4.69, 9.17) is 0 Å². The van der Waals surface area contributed by atoms with Gasteiger partial charge in [0.05, 0.1) is 18.3 Å². The van der Waals surface area contributed by atoms with E-state index in [9.17, 15) is 9.90 Å². The first kappa shape index (κ1) is 12.3. The number of nitrogens with one attached hydrogen (secondary N) is 2. The third-order valence-electron chi connectivity index (χ3n) is 2.76. The predicted molar refractivity (Wildman–Crippen MR) is 64.7 cm³/mol. The second-order valence-corrected chi connectivity index (χ2v) is 4.17. The highest BCUT2D eigenvalue weighted by atomic mass is 16.3. The van der Waals surface area contributed by atoms with Crippen LogP contribution in [-0.2, 0) is 5.54 Å². The summed E-state index contributed by atoms with van der Waals surface area (Å²) in [6, 6.07) is 9.27. The van der Waals surface area contributed by atoms with Crippen molar-refractivity contribution in [1.82, 2.24) is 20.7 Å². The minimum Gasteiger partial charge on any atom is -0.394 e. The van der Waals surface area contributed by atoms with Crippen molar-refractivity contribution in [2.45, 2.75) is 12.5 Å². The maximum absolute atomic E-state index is 11.9. The van der Waals surface area contributed by atoms with Crippen LogP contribution in [0.1, 0.15) is 23.0 Å². The Kier molecular flexibility index (Phi) is 3.38. The minimum atomic E-state index is -0.850. The Morgan fingerprint density at radius 1 is 1.44 bits per heavy atom. The zero-order valence-electron chi connectivity index (χ0n) is 9.92. The topological polar surface area (TPSA) is 90.9 Å². The molecular formula is C12H14N4O2. The third kappa shape index (κ3) is 2.38. The lowest BCUT2D eigenvalue weighted by atomic mass is 9.93. The van der Waals surface area contributed by atoms with Crippen molar-refractivity contribution in [2.75, 3.05) is 6.61 Å². The van der Waals surface area contributed by atoms with Gasteiger partial charge in [-0.1, -0.05) is 30.3 Å². The molecule has 0 saturated carbocycles. The van der Waals surface area contributed by atoms with E-state index in [0.717, 1.165) is 5.56 Å². The molecule has 0 aliphatic heterocycles. The second-order valence-electron chi connectivity index (χ2n) is 4.17. The van der Waals surface area contributed by atoms with Crippen LogP contribution < -0.4 is 5.32 Å². The van der Waals surface area contributed by atoms with E-state index in [-0.39, 0.29) is 18.2 Å². The van der Waals surface area contributed by atoms with Crippen LogP contribution in [0.5, 0.6) is 0 Å². The van der Waals surface area contributed by atoms with Crippen LogP contribution in [-0.4, -0.2) is 33.0 Å². The third-order valence-corrected chi connectivity index (χ3v) is 2.76. The first-order chi connectivity index (χ1) is 8.65. The van der Waals surface area contributed by atoms with Crippen LogP contribution in [0.3, 0.4) is 0 Å². The van der Waals surface area contributed by atoms with Crippen molar-refractivity contribution in [2.24, 2.45) is 0 Å². The van der Waals surface area contributed by atoms with Crippen LogP contribution in [0.25, 0.3) is 0 Å². The van der Waals surface area contributed by atoms with Gasteiger partial charge in [-0.2, -0.15) is 15.4 Å². The first-order valence-electron chi connectivity index (χ1n) is 5.50. The fourth-order valence-corrected chi connectivity index (χ4v) is 1.63. The minimum absolute atomic E-state index is 0.186. The summed E-state index contributed by atoms with van der Waals surface area (Å²) in [6.45, 7) is 1.54. The number of carbonyl (C=O) groups is 1. The summed E-state index contributed by atoms with van der Waals surface area (Å²) in [5.74, 6) is -0.385. The highest BCUT2D eigenvalue weighted by Gasteiger charge is 2.28. The molecule has 18 heavy (non-hydrogen) atoms. The molecule has 1 amide bonds. The number of aliphatic hydroxyl groups excluding tert-OH is 1. The first-order valence-corrected chi connectivity index (χ1v) is 5.50. The molecule has 6 nitrogen and oxygen atoms in total. The fraction of sp³-hybridized carbons (Fsp3) is 0.250. The van der Waals surface area contributed by atoms with Gasteiger partial charge in [0.15, 0.2) is 5.69 Å². The monoisotopic (exact) mass is 246 g/mol. The Labute approximate surface area is 104 Å². The summed E-state index contributed by atoms with van der Waals surface area (Å²) >= 11 is 0. The number of aromatic amines is 1. The van der Waals surface area contributed by atoms with Crippen LogP contribution in [0, 0.1) is 0 Å².